The minimum absolute atomic E-state index is 0.205. The van der Waals surface area contributed by atoms with Gasteiger partial charge in [0.2, 0.25) is 0 Å². The van der Waals surface area contributed by atoms with E-state index in [1.165, 1.54) is 22.3 Å². The highest BCUT2D eigenvalue weighted by Gasteiger charge is 2.32. The van der Waals surface area contributed by atoms with Crippen LogP contribution >= 0.6 is 0 Å². The lowest BCUT2D eigenvalue weighted by Crippen LogP contribution is -2.30. The standard InChI is InChI=1S/C19H22N2/c20-18-13-19(17-8-4-3-7-16(17)18)21-11-9-14-5-1-2-6-15(14)10-12-21/h1-8,18-19H,9-13,20H2. The summed E-state index contributed by atoms with van der Waals surface area (Å²) in [5.41, 5.74) is 12.2. The van der Waals surface area contributed by atoms with Crippen molar-refractivity contribution in [3.05, 3.63) is 70.8 Å². The van der Waals surface area contributed by atoms with E-state index in [2.05, 4.69) is 53.4 Å². The Morgan fingerprint density at radius 3 is 2.05 bits per heavy atom. The van der Waals surface area contributed by atoms with E-state index in [0.717, 1.165) is 32.4 Å². The fourth-order valence-corrected chi connectivity index (χ4v) is 3.99. The third-order valence-corrected chi connectivity index (χ3v) is 5.13. The number of rotatable bonds is 1. The molecule has 1 aliphatic heterocycles. The highest BCUT2D eigenvalue weighted by atomic mass is 15.2. The molecule has 2 atom stereocenters. The van der Waals surface area contributed by atoms with Crippen LogP contribution in [0.15, 0.2) is 48.5 Å². The molecule has 2 aromatic carbocycles. The highest BCUT2D eigenvalue weighted by Crippen LogP contribution is 2.41. The largest absolute Gasteiger partial charge is 0.324 e. The van der Waals surface area contributed by atoms with Gasteiger partial charge in [0.15, 0.2) is 0 Å². The first kappa shape index (κ1) is 13.1. The van der Waals surface area contributed by atoms with Crippen molar-refractivity contribution in [3.63, 3.8) is 0 Å². The third-order valence-electron chi connectivity index (χ3n) is 5.13. The van der Waals surface area contributed by atoms with Crippen LogP contribution in [-0.2, 0) is 12.8 Å². The first-order valence-electron chi connectivity index (χ1n) is 7.98. The molecule has 4 rings (SSSR count). The van der Waals surface area contributed by atoms with E-state index in [1.54, 1.807) is 0 Å². The molecule has 0 saturated carbocycles. The average Bonchev–Trinajstić information content (AvgIpc) is 2.72. The molecule has 0 bridgehead atoms. The van der Waals surface area contributed by atoms with Crippen molar-refractivity contribution >= 4 is 0 Å². The molecule has 2 aromatic rings. The normalized spacial score (nSPS) is 25.2. The van der Waals surface area contributed by atoms with Gasteiger partial charge in [-0.1, -0.05) is 48.5 Å². The molecule has 0 radical (unpaired) electrons. The van der Waals surface area contributed by atoms with Gasteiger partial charge >= 0.3 is 0 Å². The number of nitrogens with zero attached hydrogens (tertiary/aromatic N) is 1. The van der Waals surface area contributed by atoms with Gasteiger partial charge in [-0.3, -0.25) is 4.90 Å². The van der Waals surface area contributed by atoms with Crippen LogP contribution in [0.25, 0.3) is 0 Å². The Hall–Kier alpha value is -1.64. The Labute approximate surface area is 126 Å². The summed E-state index contributed by atoms with van der Waals surface area (Å²) in [6, 6.07) is 18.3. The van der Waals surface area contributed by atoms with Crippen molar-refractivity contribution < 1.29 is 0 Å². The Balaban J connectivity index is 1.59. The molecule has 2 unspecified atom stereocenters. The number of hydrogen-bond donors (Lipinski definition) is 1. The lowest BCUT2D eigenvalue weighted by molar-refractivity contribution is 0.201. The quantitative estimate of drug-likeness (QED) is 0.867. The van der Waals surface area contributed by atoms with E-state index in [1.807, 2.05) is 0 Å². The second-order valence-electron chi connectivity index (χ2n) is 6.29. The molecule has 0 fully saturated rings. The SMILES string of the molecule is NC1CC(N2CCc3ccccc3CC2)c2ccccc21. The van der Waals surface area contributed by atoms with E-state index in [9.17, 15) is 0 Å². The number of fused-ring (bicyclic) bond motifs is 2. The predicted molar refractivity (Wildman–Crippen MR) is 86.2 cm³/mol. The Kier molecular flexibility index (Phi) is 3.28. The van der Waals surface area contributed by atoms with Crippen LogP contribution in [0, 0.1) is 0 Å². The summed E-state index contributed by atoms with van der Waals surface area (Å²) < 4.78 is 0. The van der Waals surface area contributed by atoms with Crippen LogP contribution in [0.4, 0.5) is 0 Å². The van der Waals surface area contributed by atoms with Crippen molar-refractivity contribution in [1.82, 2.24) is 4.90 Å². The van der Waals surface area contributed by atoms with Gasteiger partial charge in [0.1, 0.15) is 0 Å². The summed E-state index contributed by atoms with van der Waals surface area (Å²) >= 11 is 0. The number of hydrogen-bond acceptors (Lipinski definition) is 2. The average molecular weight is 278 g/mol. The topological polar surface area (TPSA) is 29.3 Å². The van der Waals surface area contributed by atoms with Crippen molar-refractivity contribution in [2.45, 2.75) is 31.3 Å². The molecule has 108 valence electrons. The molecule has 1 aliphatic carbocycles. The van der Waals surface area contributed by atoms with E-state index < -0.39 is 0 Å². The van der Waals surface area contributed by atoms with Crippen LogP contribution in [0.3, 0.4) is 0 Å². The number of nitrogens with two attached hydrogens (primary N) is 1. The summed E-state index contributed by atoms with van der Waals surface area (Å²) in [6.07, 6.45) is 3.38. The van der Waals surface area contributed by atoms with Crippen molar-refractivity contribution in [1.29, 1.82) is 0 Å². The lowest BCUT2D eigenvalue weighted by atomic mass is 10.0. The molecule has 2 N–H and O–H groups in total. The Morgan fingerprint density at radius 2 is 1.38 bits per heavy atom. The van der Waals surface area contributed by atoms with Gasteiger partial charge in [-0.05, 0) is 41.5 Å². The zero-order valence-electron chi connectivity index (χ0n) is 12.3. The smallest absolute Gasteiger partial charge is 0.0369 e. The zero-order chi connectivity index (χ0) is 14.2. The van der Waals surface area contributed by atoms with Crippen molar-refractivity contribution in [2.24, 2.45) is 5.73 Å². The van der Waals surface area contributed by atoms with E-state index in [-0.39, 0.29) is 6.04 Å². The van der Waals surface area contributed by atoms with Gasteiger partial charge in [0.05, 0.1) is 0 Å². The molecule has 2 nitrogen and oxygen atoms in total. The molecule has 1 heterocycles. The molecule has 0 amide bonds. The van der Waals surface area contributed by atoms with Crippen LogP contribution in [0.2, 0.25) is 0 Å². The van der Waals surface area contributed by atoms with Crippen molar-refractivity contribution in [3.8, 4) is 0 Å². The van der Waals surface area contributed by atoms with Crippen molar-refractivity contribution in [2.75, 3.05) is 13.1 Å². The third kappa shape index (κ3) is 2.29. The summed E-state index contributed by atoms with van der Waals surface area (Å²) in [4.78, 5) is 2.64. The Bertz CT molecular complexity index is 623. The first-order chi connectivity index (χ1) is 10.3. The fraction of sp³-hybridized carbons (Fsp3) is 0.368. The van der Waals surface area contributed by atoms with Gasteiger partial charge in [-0.2, -0.15) is 0 Å². The molecule has 0 aromatic heterocycles. The summed E-state index contributed by atoms with van der Waals surface area (Å²) in [5, 5.41) is 0. The molecule has 21 heavy (non-hydrogen) atoms. The number of benzene rings is 2. The van der Waals surface area contributed by atoms with Gasteiger partial charge in [-0.25, -0.2) is 0 Å². The fourth-order valence-electron chi connectivity index (χ4n) is 3.99. The molecule has 0 saturated heterocycles. The monoisotopic (exact) mass is 278 g/mol. The molecular formula is C19H22N2. The van der Waals surface area contributed by atoms with Gasteiger partial charge < -0.3 is 5.73 Å². The summed E-state index contributed by atoms with van der Waals surface area (Å²) in [6.45, 7) is 2.28. The van der Waals surface area contributed by atoms with Crippen LogP contribution in [0.5, 0.6) is 0 Å². The van der Waals surface area contributed by atoms with Crippen LogP contribution < -0.4 is 5.73 Å². The highest BCUT2D eigenvalue weighted by molar-refractivity contribution is 5.38. The van der Waals surface area contributed by atoms with Gasteiger partial charge in [0, 0.05) is 25.2 Å². The van der Waals surface area contributed by atoms with E-state index in [0.29, 0.717) is 6.04 Å². The van der Waals surface area contributed by atoms with Crippen LogP contribution in [-0.4, -0.2) is 18.0 Å². The van der Waals surface area contributed by atoms with Gasteiger partial charge in [-0.15, -0.1) is 0 Å². The minimum Gasteiger partial charge on any atom is -0.324 e. The maximum Gasteiger partial charge on any atom is 0.0369 e. The molecule has 2 heteroatoms. The minimum atomic E-state index is 0.205. The van der Waals surface area contributed by atoms with E-state index in [4.69, 9.17) is 5.73 Å². The second-order valence-corrected chi connectivity index (χ2v) is 6.29. The second kappa shape index (κ2) is 5.28. The Morgan fingerprint density at radius 1 is 0.810 bits per heavy atom. The molecular weight excluding hydrogens is 256 g/mol. The predicted octanol–water partition coefficient (Wildman–Crippen LogP) is 3.23. The summed E-state index contributed by atoms with van der Waals surface area (Å²) in [5.74, 6) is 0. The molecule has 0 spiro atoms. The lowest BCUT2D eigenvalue weighted by Gasteiger charge is -2.28. The first-order valence-corrected chi connectivity index (χ1v) is 7.98. The van der Waals surface area contributed by atoms with E-state index >= 15 is 0 Å². The maximum atomic E-state index is 6.34. The van der Waals surface area contributed by atoms with Crippen LogP contribution in [0.1, 0.15) is 40.8 Å². The van der Waals surface area contributed by atoms with Gasteiger partial charge in [0.25, 0.3) is 0 Å². The zero-order valence-corrected chi connectivity index (χ0v) is 12.3. The summed E-state index contributed by atoms with van der Waals surface area (Å²) in [7, 11) is 0. The maximum absolute atomic E-state index is 6.34. The molecule has 2 aliphatic rings.